The Morgan fingerprint density at radius 3 is 2.48 bits per heavy atom. The summed E-state index contributed by atoms with van der Waals surface area (Å²) < 4.78 is 6.90. The van der Waals surface area contributed by atoms with Crippen LogP contribution in [0.25, 0.3) is 0 Å². The SMILES string of the molecule is CCOc1ccc(Br)cc1C(CC(C)CC(C)(C)C)NC. The quantitative estimate of drug-likeness (QED) is 0.689. The van der Waals surface area contributed by atoms with Crippen LogP contribution >= 0.6 is 15.9 Å². The molecule has 0 aliphatic rings. The van der Waals surface area contributed by atoms with E-state index in [0.717, 1.165) is 16.6 Å². The molecule has 0 saturated carbocycles. The molecule has 2 unspecified atom stereocenters. The van der Waals surface area contributed by atoms with E-state index in [1.165, 1.54) is 12.0 Å². The highest BCUT2D eigenvalue weighted by molar-refractivity contribution is 9.10. The van der Waals surface area contributed by atoms with Crippen LogP contribution in [0.5, 0.6) is 5.75 Å². The van der Waals surface area contributed by atoms with Crippen LogP contribution in [0, 0.1) is 11.3 Å². The molecule has 0 spiro atoms. The minimum absolute atomic E-state index is 0.321. The molecule has 3 heteroatoms. The lowest BCUT2D eigenvalue weighted by Gasteiger charge is -2.27. The maximum absolute atomic E-state index is 5.80. The fourth-order valence-corrected chi connectivity index (χ4v) is 3.39. The molecule has 1 N–H and O–H groups in total. The van der Waals surface area contributed by atoms with Crippen molar-refractivity contribution in [3.63, 3.8) is 0 Å². The summed E-state index contributed by atoms with van der Waals surface area (Å²) in [5.74, 6) is 1.65. The average molecular weight is 356 g/mol. The van der Waals surface area contributed by atoms with Crippen molar-refractivity contribution in [3.05, 3.63) is 28.2 Å². The van der Waals surface area contributed by atoms with Gasteiger partial charge in [0.05, 0.1) is 6.61 Å². The molecule has 0 aromatic heterocycles. The summed E-state index contributed by atoms with van der Waals surface area (Å²) in [5.41, 5.74) is 1.62. The molecule has 0 saturated heterocycles. The van der Waals surface area contributed by atoms with Gasteiger partial charge < -0.3 is 10.1 Å². The lowest BCUT2D eigenvalue weighted by molar-refractivity contribution is 0.274. The molecule has 21 heavy (non-hydrogen) atoms. The molecule has 1 rings (SSSR count). The Hall–Kier alpha value is -0.540. The first-order valence-electron chi connectivity index (χ1n) is 7.86. The predicted molar refractivity (Wildman–Crippen MR) is 95.0 cm³/mol. The standard InChI is InChI=1S/C18H30BrNO/c1-7-21-17-9-8-14(19)11-15(17)16(20-6)10-13(2)12-18(3,4)5/h8-9,11,13,16,20H,7,10,12H2,1-6H3. The highest BCUT2D eigenvalue weighted by Crippen LogP contribution is 2.35. The normalized spacial score (nSPS) is 14.8. The Morgan fingerprint density at radius 2 is 1.95 bits per heavy atom. The number of benzene rings is 1. The highest BCUT2D eigenvalue weighted by Gasteiger charge is 2.21. The number of halogens is 1. The van der Waals surface area contributed by atoms with E-state index in [1.54, 1.807) is 0 Å². The second-order valence-corrected chi connectivity index (χ2v) is 7.98. The number of ether oxygens (including phenoxy) is 1. The minimum Gasteiger partial charge on any atom is -0.494 e. The van der Waals surface area contributed by atoms with Crippen LogP contribution in [0.2, 0.25) is 0 Å². The van der Waals surface area contributed by atoms with E-state index in [1.807, 2.05) is 20.0 Å². The largest absolute Gasteiger partial charge is 0.494 e. The van der Waals surface area contributed by atoms with E-state index in [-0.39, 0.29) is 0 Å². The maximum Gasteiger partial charge on any atom is 0.124 e. The lowest BCUT2D eigenvalue weighted by Crippen LogP contribution is -2.22. The maximum atomic E-state index is 5.80. The van der Waals surface area contributed by atoms with Crippen molar-refractivity contribution in [2.45, 2.75) is 53.5 Å². The Morgan fingerprint density at radius 1 is 1.29 bits per heavy atom. The lowest BCUT2D eigenvalue weighted by atomic mass is 9.82. The van der Waals surface area contributed by atoms with Crippen LogP contribution in [0.3, 0.4) is 0 Å². The molecule has 1 aromatic rings. The van der Waals surface area contributed by atoms with Crippen molar-refractivity contribution in [1.82, 2.24) is 5.32 Å². The molecule has 2 nitrogen and oxygen atoms in total. The number of nitrogens with one attached hydrogen (secondary N) is 1. The molecule has 1 aromatic carbocycles. The van der Waals surface area contributed by atoms with Crippen LogP contribution in [0.4, 0.5) is 0 Å². The number of hydrogen-bond donors (Lipinski definition) is 1. The van der Waals surface area contributed by atoms with Gasteiger partial charge >= 0.3 is 0 Å². The van der Waals surface area contributed by atoms with Gasteiger partial charge in [0.15, 0.2) is 0 Å². The van der Waals surface area contributed by atoms with Gasteiger partial charge in [-0.25, -0.2) is 0 Å². The van der Waals surface area contributed by atoms with E-state index in [9.17, 15) is 0 Å². The van der Waals surface area contributed by atoms with Crippen molar-refractivity contribution in [2.24, 2.45) is 11.3 Å². The molecule has 0 bridgehead atoms. The first kappa shape index (κ1) is 18.5. The molecule has 0 heterocycles. The Labute approximate surface area is 138 Å². The Kier molecular flexibility index (Phi) is 7.22. The third-order valence-electron chi connectivity index (χ3n) is 3.59. The van der Waals surface area contributed by atoms with E-state index < -0.39 is 0 Å². The van der Waals surface area contributed by atoms with E-state index in [4.69, 9.17) is 4.74 Å². The van der Waals surface area contributed by atoms with Gasteiger partial charge in [0, 0.05) is 16.1 Å². The molecule has 0 amide bonds. The number of rotatable bonds is 7. The first-order chi connectivity index (χ1) is 9.76. The van der Waals surface area contributed by atoms with Crippen molar-refractivity contribution < 1.29 is 4.74 Å². The summed E-state index contributed by atoms with van der Waals surface area (Å²) in [6, 6.07) is 6.60. The van der Waals surface area contributed by atoms with E-state index >= 15 is 0 Å². The van der Waals surface area contributed by atoms with Crippen molar-refractivity contribution in [2.75, 3.05) is 13.7 Å². The minimum atomic E-state index is 0.321. The second-order valence-electron chi connectivity index (χ2n) is 7.06. The summed E-state index contributed by atoms with van der Waals surface area (Å²) in [6.07, 6.45) is 2.34. The van der Waals surface area contributed by atoms with Crippen LogP contribution in [-0.4, -0.2) is 13.7 Å². The molecule has 2 atom stereocenters. The Balaban J connectivity index is 2.91. The van der Waals surface area contributed by atoms with Crippen molar-refractivity contribution in [1.29, 1.82) is 0 Å². The number of hydrogen-bond acceptors (Lipinski definition) is 2. The van der Waals surface area contributed by atoms with Gasteiger partial charge in [-0.2, -0.15) is 0 Å². The van der Waals surface area contributed by atoms with Gasteiger partial charge in [-0.05, 0) is 56.3 Å². The first-order valence-corrected chi connectivity index (χ1v) is 8.65. The topological polar surface area (TPSA) is 21.3 Å². The van der Waals surface area contributed by atoms with Gasteiger partial charge in [-0.1, -0.05) is 43.6 Å². The van der Waals surface area contributed by atoms with Crippen LogP contribution < -0.4 is 10.1 Å². The fourth-order valence-electron chi connectivity index (χ4n) is 3.01. The molecular weight excluding hydrogens is 326 g/mol. The van der Waals surface area contributed by atoms with Gasteiger partial charge in [-0.15, -0.1) is 0 Å². The molecular formula is C18H30BrNO. The van der Waals surface area contributed by atoms with Crippen LogP contribution in [0.15, 0.2) is 22.7 Å². The second kappa shape index (κ2) is 8.19. The molecule has 0 aliphatic heterocycles. The molecule has 0 radical (unpaired) electrons. The summed E-state index contributed by atoms with van der Waals surface area (Å²) >= 11 is 3.58. The van der Waals surface area contributed by atoms with E-state index in [0.29, 0.717) is 24.0 Å². The molecule has 120 valence electrons. The van der Waals surface area contributed by atoms with Crippen molar-refractivity contribution in [3.8, 4) is 5.75 Å². The van der Waals surface area contributed by atoms with Gasteiger partial charge in [0.2, 0.25) is 0 Å². The van der Waals surface area contributed by atoms with Gasteiger partial charge in [0.1, 0.15) is 5.75 Å². The summed E-state index contributed by atoms with van der Waals surface area (Å²) in [4.78, 5) is 0. The zero-order chi connectivity index (χ0) is 16.0. The summed E-state index contributed by atoms with van der Waals surface area (Å²) in [7, 11) is 2.03. The van der Waals surface area contributed by atoms with Crippen LogP contribution in [0.1, 0.15) is 59.1 Å². The van der Waals surface area contributed by atoms with E-state index in [2.05, 4.69) is 61.1 Å². The van der Waals surface area contributed by atoms with Gasteiger partial charge in [0.25, 0.3) is 0 Å². The van der Waals surface area contributed by atoms with Crippen molar-refractivity contribution >= 4 is 15.9 Å². The third kappa shape index (κ3) is 6.39. The zero-order valence-corrected chi connectivity index (χ0v) is 15.9. The average Bonchev–Trinajstić information content (AvgIpc) is 2.36. The summed E-state index contributed by atoms with van der Waals surface area (Å²) in [5, 5.41) is 3.46. The highest BCUT2D eigenvalue weighted by atomic mass is 79.9. The molecule has 0 aliphatic carbocycles. The molecule has 0 fully saturated rings. The predicted octanol–water partition coefficient (Wildman–Crippen LogP) is 5.57. The smallest absolute Gasteiger partial charge is 0.124 e. The van der Waals surface area contributed by atoms with Gasteiger partial charge in [-0.3, -0.25) is 0 Å². The Bertz CT molecular complexity index is 439. The fraction of sp³-hybridized carbons (Fsp3) is 0.667. The summed E-state index contributed by atoms with van der Waals surface area (Å²) in [6.45, 7) is 12.0. The van der Waals surface area contributed by atoms with Crippen LogP contribution in [-0.2, 0) is 0 Å². The third-order valence-corrected chi connectivity index (χ3v) is 4.09. The monoisotopic (exact) mass is 355 g/mol. The zero-order valence-electron chi connectivity index (χ0n) is 14.3.